The Balaban J connectivity index is 2.82. The van der Waals surface area contributed by atoms with Gasteiger partial charge in [0.1, 0.15) is 17.9 Å². The molecule has 1 saturated carbocycles. The molecule has 0 amide bonds. The molecule has 0 radical (unpaired) electrons. The molecule has 3 unspecified atom stereocenters. The maximum absolute atomic E-state index is 10.6. The highest BCUT2D eigenvalue weighted by Crippen LogP contribution is 2.31. The minimum Gasteiger partial charge on any atom is -0.481 e. The van der Waals surface area contributed by atoms with Crippen molar-refractivity contribution in [2.45, 2.75) is 6.10 Å². The molecule has 0 spiro atoms. The number of aliphatic hydroxyl groups is 1. The molecule has 66 valence electrons. The Morgan fingerprint density at radius 2 is 1.67 bits per heavy atom. The maximum atomic E-state index is 10.6. The lowest BCUT2D eigenvalue weighted by Gasteiger charge is -2.33. The fourth-order valence-corrected chi connectivity index (χ4v) is 1.15. The van der Waals surface area contributed by atoms with Crippen molar-refractivity contribution in [3.63, 3.8) is 0 Å². The third-order valence-electron chi connectivity index (χ3n) is 1.85. The first-order valence-corrected chi connectivity index (χ1v) is 3.14. The molecule has 0 aromatic carbocycles. The van der Waals surface area contributed by atoms with Gasteiger partial charge in [0.05, 0.1) is 0 Å². The molecule has 0 heterocycles. The van der Waals surface area contributed by atoms with Crippen LogP contribution in [0.4, 0.5) is 0 Å². The molecule has 0 saturated heterocycles. The van der Waals surface area contributed by atoms with Gasteiger partial charge in [-0.3, -0.25) is 14.4 Å². The highest BCUT2D eigenvalue weighted by molar-refractivity contribution is 6.11. The van der Waals surface area contributed by atoms with Crippen LogP contribution in [0.25, 0.3) is 0 Å². The summed E-state index contributed by atoms with van der Waals surface area (Å²) in [5.41, 5.74) is 0. The summed E-state index contributed by atoms with van der Waals surface area (Å²) in [6.45, 7) is 0. The molecular formula is C6H6O6. The highest BCUT2D eigenvalue weighted by Gasteiger charge is 2.57. The zero-order valence-corrected chi connectivity index (χ0v) is 5.80. The second-order valence-electron chi connectivity index (χ2n) is 2.53. The SMILES string of the molecule is O=C(O)C1C(=O)C(O)C1C(=O)O. The van der Waals surface area contributed by atoms with Crippen LogP contribution in [0.5, 0.6) is 0 Å². The van der Waals surface area contributed by atoms with E-state index in [1.165, 1.54) is 0 Å². The van der Waals surface area contributed by atoms with Crippen molar-refractivity contribution in [3.05, 3.63) is 0 Å². The summed E-state index contributed by atoms with van der Waals surface area (Å²) in [6.07, 6.45) is -1.66. The van der Waals surface area contributed by atoms with Crippen LogP contribution >= 0.6 is 0 Å². The Hall–Kier alpha value is -1.43. The molecule has 3 N–H and O–H groups in total. The van der Waals surface area contributed by atoms with Crippen molar-refractivity contribution in [1.82, 2.24) is 0 Å². The van der Waals surface area contributed by atoms with Gasteiger partial charge in [0.2, 0.25) is 0 Å². The molecule has 6 heteroatoms. The minimum absolute atomic E-state index is 0.935. The fraction of sp³-hybridized carbons (Fsp3) is 0.500. The Bertz CT molecular complexity index is 257. The van der Waals surface area contributed by atoms with Crippen molar-refractivity contribution in [2.75, 3.05) is 0 Å². The van der Waals surface area contributed by atoms with Crippen LogP contribution in [0.1, 0.15) is 0 Å². The normalized spacial score (nSPS) is 34.1. The third kappa shape index (κ3) is 0.964. The zero-order valence-electron chi connectivity index (χ0n) is 5.80. The number of rotatable bonds is 2. The van der Waals surface area contributed by atoms with E-state index < -0.39 is 35.7 Å². The first kappa shape index (κ1) is 8.66. The van der Waals surface area contributed by atoms with Gasteiger partial charge in [0, 0.05) is 0 Å². The van der Waals surface area contributed by atoms with E-state index in [9.17, 15) is 14.4 Å². The standard InChI is InChI=1S/C6H6O6/c7-3-1(5(9)10)2(4(3)8)6(11)12/h1-3,7H,(H,9,10)(H,11,12). The second-order valence-corrected chi connectivity index (χ2v) is 2.53. The first-order valence-electron chi connectivity index (χ1n) is 3.14. The Kier molecular flexibility index (Phi) is 1.85. The van der Waals surface area contributed by atoms with E-state index in [0.29, 0.717) is 0 Å². The van der Waals surface area contributed by atoms with Crippen molar-refractivity contribution in [1.29, 1.82) is 0 Å². The number of ketones is 1. The summed E-state index contributed by atoms with van der Waals surface area (Å²) in [5, 5.41) is 25.5. The second kappa shape index (κ2) is 2.56. The van der Waals surface area contributed by atoms with E-state index in [2.05, 4.69) is 0 Å². The van der Waals surface area contributed by atoms with Gasteiger partial charge in [0.15, 0.2) is 5.78 Å². The molecule has 0 bridgehead atoms. The minimum atomic E-state index is -1.66. The number of Topliss-reactive ketones (excluding diaryl/α,β-unsaturated/α-hetero) is 1. The van der Waals surface area contributed by atoms with Gasteiger partial charge in [-0.25, -0.2) is 0 Å². The molecule has 0 aliphatic heterocycles. The van der Waals surface area contributed by atoms with E-state index in [0.717, 1.165) is 0 Å². The average molecular weight is 174 g/mol. The van der Waals surface area contributed by atoms with E-state index >= 15 is 0 Å². The van der Waals surface area contributed by atoms with E-state index in [1.807, 2.05) is 0 Å². The number of hydrogen-bond acceptors (Lipinski definition) is 4. The summed E-state index contributed by atoms with van der Waals surface area (Å²) < 4.78 is 0. The Morgan fingerprint density at radius 1 is 1.17 bits per heavy atom. The van der Waals surface area contributed by atoms with Gasteiger partial charge >= 0.3 is 11.9 Å². The van der Waals surface area contributed by atoms with Crippen LogP contribution in [0.15, 0.2) is 0 Å². The molecule has 1 aliphatic carbocycles. The molecule has 0 aromatic heterocycles. The quantitative estimate of drug-likeness (QED) is 0.431. The predicted octanol–water partition coefficient (Wildman–Crippen LogP) is -1.67. The molecule has 1 fully saturated rings. The molecule has 1 aliphatic rings. The van der Waals surface area contributed by atoms with Gasteiger partial charge in [-0.05, 0) is 0 Å². The smallest absolute Gasteiger partial charge is 0.315 e. The number of hydrogen-bond donors (Lipinski definition) is 3. The van der Waals surface area contributed by atoms with Crippen LogP contribution in [-0.4, -0.2) is 39.1 Å². The van der Waals surface area contributed by atoms with Gasteiger partial charge in [0.25, 0.3) is 0 Å². The third-order valence-corrected chi connectivity index (χ3v) is 1.85. The van der Waals surface area contributed by atoms with Crippen molar-refractivity contribution < 1.29 is 29.7 Å². The van der Waals surface area contributed by atoms with Crippen LogP contribution < -0.4 is 0 Å². The molecule has 1 rings (SSSR count). The monoisotopic (exact) mass is 174 g/mol. The first-order chi connectivity index (χ1) is 5.46. The number of carboxylic acid groups (broad SMARTS) is 2. The summed E-state index contributed by atoms with van der Waals surface area (Å²) in [4.78, 5) is 31.2. The maximum Gasteiger partial charge on any atom is 0.315 e. The van der Waals surface area contributed by atoms with Crippen molar-refractivity contribution in [2.24, 2.45) is 11.8 Å². The number of aliphatic hydroxyl groups excluding tert-OH is 1. The molecule has 6 nitrogen and oxygen atoms in total. The van der Waals surface area contributed by atoms with Gasteiger partial charge < -0.3 is 15.3 Å². The highest BCUT2D eigenvalue weighted by atomic mass is 16.4. The zero-order chi connectivity index (χ0) is 9.46. The Morgan fingerprint density at radius 3 is 1.92 bits per heavy atom. The van der Waals surface area contributed by atoms with Crippen molar-refractivity contribution in [3.8, 4) is 0 Å². The number of aliphatic carboxylic acids is 2. The van der Waals surface area contributed by atoms with Crippen LogP contribution in [0, 0.1) is 11.8 Å². The lowest BCUT2D eigenvalue weighted by atomic mass is 9.70. The van der Waals surface area contributed by atoms with E-state index in [4.69, 9.17) is 15.3 Å². The van der Waals surface area contributed by atoms with Gasteiger partial charge in [-0.2, -0.15) is 0 Å². The van der Waals surface area contributed by atoms with Crippen LogP contribution in [0.3, 0.4) is 0 Å². The summed E-state index contributed by atoms with van der Waals surface area (Å²) in [6, 6.07) is 0. The molecule has 3 atom stereocenters. The van der Waals surface area contributed by atoms with E-state index in [-0.39, 0.29) is 0 Å². The summed E-state index contributed by atoms with van der Waals surface area (Å²) >= 11 is 0. The largest absolute Gasteiger partial charge is 0.481 e. The van der Waals surface area contributed by atoms with Crippen molar-refractivity contribution >= 4 is 17.7 Å². The lowest BCUT2D eigenvalue weighted by molar-refractivity contribution is -0.178. The van der Waals surface area contributed by atoms with E-state index in [1.54, 1.807) is 0 Å². The van der Waals surface area contributed by atoms with Gasteiger partial charge in [-0.15, -0.1) is 0 Å². The lowest BCUT2D eigenvalue weighted by Crippen LogP contribution is -2.58. The molecular weight excluding hydrogens is 168 g/mol. The topological polar surface area (TPSA) is 112 Å². The summed E-state index contributed by atoms with van der Waals surface area (Å²) in [5.74, 6) is -6.98. The van der Waals surface area contributed by atoms with Gasteiger partial charge in [-0.1, -0.05) is 0 Å². The van der Waals surface area contributed by atoms with Crippen LogP contribution in [-0.2, 0) is 14.4 Å². The molecule has 12 heavy (non-hydrogen) atoms. The van der Waals surface area contributed by atoms with Crippen LogP contribution in [0.2, 0.25) is 0 Å². The number of carboxylic acids is 2. The average Bonchev–Trinajstić information content (AvgIpc) is 1.96. The predicted molar refractivity (Wildman–Crippen MR) is 33.3 cm³/mol. The molecule has 0 aromatic rings. The fourth-order valence-electron chi connectivity index (χ4n) is 1.15. The number of carbonyl (C=O) groups excluding carboxylic acids is 1. The summed E-state index contributed by atoms with van der Waals surface area (Å²) in [7, 11) is 0. The number of carbonyl (C=O) groups is 3. The Labute approximate surface area is 66.4 Å².